The van der Waals surface area contributed by atoms with Crippen LogP contribution in [0.2, 0.25) is 0 Å². The van der Waals surface area contributed by atoms with Crippen LogP contribution in [0.5, 0.6) is 0 Å². The van der Waals surface area contributed by atoms with E-state index in [9.17, 15) is 5.11 Å². The number of rotatable bonds is 6. The van der Waals surface area contributed by atoms with E-state index in [0.717, 1.165) is 18.4 Å². The van der Waals surface area contributed by atoms with E-state index >= 15 is 0 Å². The lowest BCUT2D eigenvalue weighted by Gasteiger charge is -2.53. The molecular weight excluding hydrogens is 330 g/mol. The van der Waals surface area contributed by atoms with Crippen LogP contribution < -0.4 is 5.32 Å². The van der Waals surface area contributed by atoms with E-state index in [-0.39, 0.29) is 23.9 Å². The SMILES string of the molecule is C=C(C)C[C@]1(O)[C@H](C)[C@H](c2ccccc2)N[C@@H](c2ccccc2)[C@H]1CCC. The molecule has 0 unspecified atom stereocenters. The van der Waals surface area contributed by atoms with Crippen molar-refractivity contribution in [2.75, 3.05) is 0 Å². The van der Waals surface area contributed by atoms with Crippen LogP contribution in [0.25, 0.3) is 0 Å². The largest absolute Gasteiger partial charge is 0.389 e. The van der Waals surface area contributed by atoms with Crippen molar-refractivity contribution in [1.82, 2.24) is 5.32 Å². The molecule has 144 valence electrons. The Kier molecular flexibility index (Phi) is 6.18. The lowest BCUT2D eigenvalue weighted by atomic mass is 9.62. The molecule has 0 saturated carbocycles. The summed E-state index contributed by atoms with van der Waals surface area (Å²) in [5.74, 6) is 0.240. The van der Waals surface area contributed by atoms with Crippen LogP contribution in [0.15, 0.2) is 72.8 Å². The van der Waals surface area contributed by atoms with E-state index in [2.05, 4.69) is 80.3 Å². The highest BCUT2D eigenvalue weighted by Gasteiger charge is 2.52. The second kappa shape index (κ2) is 8.41. The van der Waals surface area contributed by atoms with Gasteiger partial charge in [0.25, 0.3) is 0 Å². The van der Waals surface area contributed by atoms with Gasteiger partial charge in [0.1, 0.15) is 0 Å². The summed E-state index contributed by atoms with van der Waals surface area (Å²) in [7, 11) is 0. The quantitative estimate of drug-likeness (QED) is 0.634. The molecule has 1 aliphatic heterocycles. The fourth-order valence-electron chi connectivity index (χ4n) is 4.91. The van der Waals surface area contributed by atoms with E-state index < -0.39 is 5.60 Å². The van der Waals surface area contributed by atoms with Gasteiger partial charge in [0, 0.05) is 23.9 Å². The summed E-state index contributed by atoms with van der Waals surface area (Å²) in [5.41, 5.74) is 2.75. The second-order valence-electron chi connectivity index (χ2n) is 8.25. The van der Waals surface area contributed by atoms with Crippen molar-refractivity contribution in [3.05, 3.63) is 83.9 Å². The molecule has 2 nitrogen and oxygen atoms in total. The summed E-state index contributed by atoms with van der Waals surface area (Å²) in [6.45, 7) is 10.6. The van der Waals surface area contributed by atoms with E-state index in [0.29, 0.717) is 6.42 Å². The van der Waals surface area contributed by atoms with E-state index in [1.807, 2.05) is 13.0 Å². The molecule has 1 heterocycles. The third-order valence-corrected chi connectivity index (χ3v) is 6.19. The predicted octanol–water partition coefficient (Wildman–Crippen LogP) is 5.82. The number of nitrogens with one attached hydrogen (secondary N) is 1. The van der Waals surface area contributed by atoms with Gasteiger partial charge in [-0.1, -0.05) is 86.5 Å². The topological polar surface area (TPSA) is 32.3 Å². The van der Waals surface area contributed by atoms with Crippen molar-refractivity contribution < 1.29 is 5.11 Å². The second-order valence-corrected chi connectivity index (χ2v) is 8.25. The normalized spacial score (nSPS) is 30.8. The van der Waals surface area contributed by atoms with Gasteiger partial charge in [0.15, 0.2) is 0 Å². The first-order chi connectivity index (χ1) is 13.0. The zero-order chi connectivity index (χ0) is 19.4. The zero-order valence-electron chi connectivity index (χ0n) is 16.9. The van der Waals surface area contributed by atoms with Crippen molar-refractivity contribution >= 4 is 0 Å². The van der Waals surface area contributed by atoms with Crippen LogP contribution in [0.1, 0.15) is 63.2 Å². The van der Waals surface area contributed by atoms with Gasteiger partial charge in [0.2, 0.25) is 0 Å². The standard InChI is InChI=1S/C25H33NO/c1-5-12-22-24(21-15-10-7-11-16-21)26-23(20-13-8-6-9-14-20)19(4)25(22,27)17-18(2)3/h6-11,13-16,19,22-24,26-27H,2,5,12,17H2,1,3-4H3/t19-,22-,23-,24+,25+/m1/s1. The first-order valence-electron chi connectivity index (χ1n) is 10.2. The molecule has 27 heavy (non-hydrogen) atoms. The Labute approximate surface area is 164 Å². The number of hydrogen-bond donors (Lipinski definition) is 2. The summed E-state index contributed by atoms with van der Waals surface area (Å²) in [5, 5.41) is 16.0. The van der Waals surface area contributed by atoms with E-state index in [1.54, 1.807) is 0 Å². The Morgan fingerprint density at radius 2 is 1.52 bits per heavy atom. The molecule has 0 aromatic heterocycles. The molecule has 5 atom stereocenters. The van der Waals surface area contributed by atoms with Crippen molar-refractivity contribution in [2.45, 2.75) is 57.7 Å². The molecule has 1 fully saturated rings. The zero-order valence-corrected chi connectivity index (χ0v) is 16.9. The smallest absolute Gasteiger partial charge is 0.0774 e. The minimum absolute atomic E-state index is 0.0908. The number of hydrogen-bond acceptors (Lipinski definition) is 2. The third kappa shape index (κ3) is 4.02. The first kappa shape index (κ1) is 19.9. The van der Waals surface area contributed by atoms with Gasteiger partial charge in [-0.2, -0.15) is 0 Å². The molecule has 2 aromatic rings. The molecular formula is C25H33NO. The third-order valence-electron chi connectivity index (χ3n) is 6.19. The molecule has 0 bridgehead atoms. The van der Waals surface area contributed by atoms with Gasteiger partial charge in [-0.15, -0.1) is 6.58 Å². The molecule has 0 amide bonds. The summed E-state index contributed by atoms with van der Waals surface area (Å²) < 4.78 is 0. The predicted molar refractivity (Wildman–Crippen MR) is 113 cm³/mol. The highest BCUT2D eigenvalue weighted by molar-refractivity contribution is 5.28. The minimum Gasteiger partial charge on any atom is -0.389 e. The van der Waals surface area contributed by atoms with Crippen LogP contribution in [0.3, 0.4) is 0 Å². The van der Waals surface area contributed by atoms with Crippen LogP contribution in [0.4, 0.5) is 0 Å². The Bertz CT molecular complexity index is 741. The molecule has 0 aliphatic carbocycles. The molecule has 2 aromatic carbocycles. The first-order valence-corrected chi connectivity index (χ1v) is 10.2. The van der Waals surface area contributed by atoms with Crippen LogP contribution in [0, 0.1) is 11.8 Å². The van der Waals surface area contributed by atoms with Crippen molar-refractivity contribution in [3.63, 3.8) is 0 Å². The molecule has 1 saturated heterocycles. The van der Waals surface area contributed by atoms with Crippen LogP contribution in [-0.4, -0.2) is 10.7 Å². The molecule has 2 heteroatoms. The van der Waals surface area contributed by atoms with Crippen LogP contribution in [-0.2, 0) is 0 Å². The van der Waals surface area contributed by atoms with E-state index in [1.165, 1.54) is 11.1 Å². The summed E-state index contributed by atoms with van der Waals surface area (Å²) in [6, 6.07) is 21.4. The van der Waals surface area contributed by atoms with Crippen molar-refractivity contribution in [1.29, 1.82) is 0 Å². The van der Waals surface area contributed by atoms with Crippen molar-refractivity contribution in [3.8, 4) is 0 Å². The fourth-order valence-corrected chi connectivity index (χ4v) is 4.91. The number of benzene rings is 2. The Hall–Kier alpha value is -1.90. The highest BCUT2D eigenvalue weighted by Crippen LogP contribution is 2.50. The molecule has 0 spiro atoms. The molecule has 1 aliphatic rings. The summed E-state index contributed by atoms with van der Waals surface area (Å²) in [6.07, 6.45) is 2.69. The van der Waals surface area contributed by atoms with Gasteiger partial charge >= 0.3 is 0 Å². The number of piperidine rings is 1. The van der Waals surface area contributed by atoms with Gasteiger partial charge < -0.3 is 10.4 Å². The maximum absolute atomic E-state index is 12.1. The Balaban J connectivity index is 2.09. The molecule has 2 N–H and O–H groups in total. The van der Waals surface area contributed by atoms with Gasteiger partial charge in [-0.3, -0.25) is 0 Å². The number of aliphatic hydroxyl groups is 1. The lowest BCUT2D eigenvalue weighted by Crippen LogP contribution is -2.58. The molecule has 0 radical (unpaired) electrons. The van der Waals surface area contributed by atoms with Gasteiger partial charge in [-0.05, 0) is 30.9 Å². The fraction of sp³-hybridized carbons (Fsp3) is 0.440. The van der Waals surface area contributed by atoms with Gasteiger partial charge in [-0.25, -0.2) is 0 Å². The van der Waals surface area contributed by atoms with Crippen molar-refractivity contribution in [2.24, 2.45) is 11.8 Å². The molecule has 3 rings (SSSR count). The monoisotopic (exact) mass is 363 g/mol. The van der Waals surface area contributed by atoms with Crippen LogP contribution >= 0.6 is 0 Å². The highest BCUT2D eigenvalue weighted by atomic mass is 16.3. The summed E-state index contributed by atoms with van der Waals surface area (Å²) >= 11 is 0. The van der Waals surface area contributed by atoms with Gasteiger partial charge in [0.05, 0.1) is 5.60 Å². The average Bonchev–Trinajstić information content (AvgIpc) is 2.67. The maximum Gasteiger partial charge on any atom is 0.0774 e. The lowest BCUT2D eigenvalue weighted by molar-refractivity contribution is -0.119. The minimum atomic E-state index is -0.784. The summed E-state index contributed by atoms with van der Waals surface area (Å²) in [4.78, 5) is 0. The Morgan fingerprint density at radius 3 is 2.00 bits per heavy atom. The average molecular weight is 364 g/mol. The Morgan fingerprint density at radius 1 is 1.00 bits per heavy atom. The maximum atomic E-state index is 12.1. The van der Waals surface area contributed by atoms with E-state index in [4.69, 9.17) is 0 Å².